The number of piperidine rings is 1. The van der Waals surface area contributed by atoms with Crippen molar-refractivity contribution in [2.75, 3.05) is 20.2 Å². The second kappa shape index (κ2) is 7.73. The molecule has 2 fully saturated rings. The van der Waals surface area contributed by atoms with E-state index in [4.69, 9.17) is 4.74 Å². The molecule has 2 aromatic carbocycles. The minimum atomic E-state index is 0.240. The van der Waals surface area contributed by atoms with E-state index in [2.05, 4.69) is 47.5 Å². The zero-order valence-electron chi connectivity index (χ0n) is 16.2. The fourth-order valence-corrected chi connectivity index (χ4v) is 4.69. The van der Waals surface area contributed by atoms with Crippen molar-refractivity contribution >= 4 is 5.91 Å². The average molecular weight is 364 g/mol. The number of likely N-dealkylation sites (tertiary alicyclic amines) is 1. The Labute approximate surface area is 161 Å². The number of nitrogens with zero attached hydrogens (tertiary/aromatic N) is 1. The summed E-state index contributed by atoms with van der Waals surface area (Å²) in [6.45, 7) is 3.88. The van der Waals surface area contributed by atoms with Gasteiger partial charge in [0.1, 0.15) is 5.75 Å². The third kappa shape index (κ3) is 3.72. The Morgan fingerprint density at radius 1 is 1.22 bits per heavy atom. The average Bonchev–Trinajstić information content (AvgIpc) is 3.08. The van der Waals surface area contributed by atoms with E-state index in [1.165, 1.54) is 11.1 Å². The van der Waals surface area contributed by atoms with Gasteiger partial charge in [0.25, 0.3) is 0 Å². The van der Waals surface area contributed by atoms with Crippen LogP contribution in [-0.2, 0) is 11.2 Å². The summed E-state index contributed by atoms with van der Waals surface area (Å²) in [6, 6.07) is 17.2. The lowest BCUT2D eigenvalue weighted by atomic mass is 9.87. The van der Waals surface area contributed by atoms with E-state index in [1.807, 2.05) is 18.2 Å². The van der Waals surface area contributed by atoms with Crippen molar-refractivity contribution in [1.82, 2.24) is 10.2 Å². The molecule has 0 radical (unpaired) electrons. The maximum absolute atomic E-state index is 13.2. The summed E-state index contributed by atoms with van der Waals surface area (Å²) >= 11 is 0. The maximum atomic E-state index is 13.2. The number of carbonyl (C=O) groups excluding carboxylic acids is 1. The first-order valence-corrected chi connectivity index (χ1v) is 9.88. The molecule has 0 spiro atoms. The molecule has 142 valence electrons. The molecule has 0 bridgehead atoms. The quantitative estimate of drug-likeness (QED) is 0.905. The number of benzene rings is 2. The SMILES string of the molecule is COc1cccc([C@H]2CN(C(=O)Cc3cccc(C)c3)[C@@H]3CCCN[C@H]23)c1. The van der Waals surface area contributed by atoms with Crippen LogP contribution >= 0.6 is 0 Å². The first-order valence-electron chi connectivity index (χ1n) is 9.88. The molecular weight excluding hydrogens is 336 g/mol. The maximum Gasteiger partial charge on any atom is 0.227 e. The van der Waals surface area contributed by atoms with Gasteiger partial charge in [-0.15, -0.1) is 0 Å². The number of ether oxygens (including phenoxy) is 1. The van der Waals surface area contributed by atoms with E-state index in [1.54, 1.807) is 7.11 Å². The smallest absolute Gasteiger partial charge is 0.227 e. The number of methoxy groups -OCH3 is 1. The molecular formula is C23H28N2O2. The van der Waals surface area contributed by atoms with Crippen molar-refractivity contribution < 1.29 is 9.53 Å². The third-order valence-electron chi connectivity index (χ3n) is 5.98. The molecule has 4 nitrogen and oxygen atoms in total. The first-order chi connectivity index (χ1) is 13.2. The van der Waals surface area contributed by atoms with Crippen molar-refractivity contribution in [2.24, 2.45) is 0 Å². The Balaban J connectivity index is 1.57. The molecule has 0 aliphatic carbocycles. The van der Waals surface area contributed by atoms with Crippen LogP contribution < -0.4 is 10.1 Å². The van der Waals surface area contributed by atoms with Gasteiger partial charge < -0.3 is 15.0 Å². The van der Waals surface area contributed by atoms with Crippen LogP contribution in [0.15, 0.2) is 48.5 Å². The van der Waals surface area contributed by atoms with Crippen molar-refractivity contribution in [2.45, 2.75) is 44.2 Å². The van der Waals surface area contributed by atoms with Crippen molar-refractivity contribution in [1.29, 1.82) is 0 Å². The summed E-state index contributed by atoms with van der Waals surface area (Å²) in [7, 11) is 1.70. The molecule has 2 aromatic rings. The van der Waals surface area contributed by atoms with Gasteiger partial charge in [-0.1, -0.05) is 42.0 Å². The summed E-state index contributed by atoms with van der Waals surface area (Å²) < 4.78 is 5.41. The second-order valence-corrected chi connectivity index (χ2v) is 7.78. The third-order valence-corrected chi connectivity index (χ3v) is 5.98. The van der Waals surface area contributed by atoms with Crippen molar-refractivity contribution in [3.8, 4) is 5.75 Å². The van der Waals surface area contributed by atoms with E-state index in [0.717, 1.165) is 37.2 Å². The number of nitrogens with one attached hydrogen (secondary N) is 1. The fraction of sp³-hybridized carbons (Fsp3) is 0.435. The molecule has 1 amide bonds. The highest BCUT2D eigenvalue weighted by Crippen LogP contribution is 2.37. The lowest BCUT2D eigenvalue weighted by molar-refractivity contribution is -0.131. The first kappa shape index (κ1) is 18.1. The fourth-order valence-electron chi connectivity index (χ4n) is 4.69. The molecule has 4 heteroatoms. The molecule has 2 aliphatic rings. The van der Waals surface area contributed by atoms with E-state index in [9.17, 15) is 4.79 Å². The van der Waals surface area contributed by atoms with Crippen LogP contribution in [0.3, 0.4) is 0 Å². The predicted molar refractivity (Wildman–Crippen MR) is 107 cm³/mol. The van der Waals surface area contributed by atoms with Crippen LogP contribution in [0.2, 0.25) is 0 Å². The zero-order chi connectivity index (χ0) is 18.8. The van der Waals surface area contributed by atoms with Gasteiger partial charge in [0.2, 0.25) is 5.91 Å². The number of amides is 1. The van der Waals surface area contributed by atoms with E-state index < -0.39 is 0 Å². The van der Waals surface area contributed by atoms with Gasteiger partial charge in [-0.25, -0.2) is 0 Å². The van der Waals surface area contributed by atoms with E-state index in [0.29, 0.717) is 18.4 Å². The molecule has 3 atom stereocenters. The standard InChI is InChI=1S/C23H28N2O2/c1-16-6-3-7-17(12-16)13-22(26)25-15-20(23-21(25)10-5-11-24-23)18-8-4-9-19(14-18)27-2/h3-4,6-9,12,14,20-21,23-24H,5,10-11,13,15H2,1-2H3/t20-,21-,23-/m1/s1. The summed E-state index contributed by atoms with van der Waals surface area (Å²) in [4.78, 5) is 15.3. The largest absolute Gasteiger partial charge is 0.497 e. The predicted octanol–water partition coefficient (Wildman–Crippen LogP) is 3.29. The number of carbonyl (C=O) groups is 1. The summed E-state index contributed by atoms with van der Waals surface area (Å²) in [5.74, 6) is 1.43. The highest BCUT2D eigenvalue weighted by Gasteiger charge is 2.45. The molecule has 0 aromatic heterocycles. The van der Waals surface area contributed by atoms with Crippen LogP contribution in [-0.4, -0.2) is 43.1 Å². The monoisotopic (exact) mass is 364 g/mol. The number of rotatable bonds is 4. The lowest BCUT2D eigenvalue weighted by Gasteiger charge is -2.33. The molecule has 4 rings (SSSR count). The van der Waals surface area contributed by atoms with Crippen LogP contribution in [0.25, 0.3) is 0 Å². The second-order valence-electron chi connectivity index (χ2n) is 7.78. The summed E-state index contributed by atoms with van der Waals surface area (Å²) in [6.07, 6.45) is 2.69. The Hall–Kier alpha value is -2.33. The molecule has 2 aliphatic heterocycles. The van der Waals surface area contributed by atoms with Crippen LogP contribution in [0.1, 0.15) is 35.4 Å². The van der Waals surface area contributed by atoms with E-state index >= 15 is 0 Å². The Kier molecular flexibility index (Phi) is 5.17. The normalized spacial score (nSPS) is 24.5. The summed E-state index contributed by atoms with van der Waals surface area (Å²) in [5, 5.41) is 3.69. The molecule has 0 saturated carbocycles. The van der Waals surface area contributed by atoms with Crippen molar-refractivity contribution in [3.63, 3.8) is 0 Å². The topological polar surface area (TPSA) is 41.6 Å². The molecule has 2 saturated heterocycles. The highest BCUT2D eigenvalue weighted by molar-refractivity contribution is 5.80. The number of hydrogen-bond acceptors (Lipinski definition) is 3. The highest BCUT2D eigenvalue weighted by atomic mass is 16.5. The van der Waals surface area contributed by atoms with Gasteiger partial charge in [-0.3, -0.25) is 4.79 Å². The number of hydrogen-bond donors (Lipinski definition) is 1. The van der Waals surface area contributed by atoms with Gasteiger partial charge in [0.05, 0.1) is 13.5 Å². The molecule has 2 heterocycles. The van der Waals surface area contributed by atoms with Crippen molar-refractivity contribution in [3.05, 3.63) is 65.2 Å². The number of fused-ring (bicyclic) bond motifs is 1. The Morgan fingerprint density at radius 2 is 2.07 bits per heavy atom. The minimum absolute atomic E-state index is 0.240. The molecule has 0 unspecified atom stereocenters. The number of aryl methyl sites for hydroxylation is 1. The zero-order valence-corrected chi connectivity index (χ0v) is 16.2. The van der Waals surface area contributed by atoms with Gasteiger partial charge in [0, 0.05) is 24.5 Å². The van der Waals surface area contributed by atoms with Gasteiger partial charge >= 0.3 is 0 Å². The molecule has 1 N–H and O–H groups in total. The van der Waals surface area contributed by atoms with Crippen LogP contribution in [0.5, 0.6) is 5.75 Å². The van der Waals surface area contributed by atoms with Crippen LogP contribution in [0, 0.1) is 6.92 Å². The van der Waals surface area contributed by atoms with Crippen LogP contribution in [0.4, 0.5) is 0 Å². The van der Waals surface area contributed by atoms with E-state index in [-0.39, 0.29) is 11.9 Å². The van der Waals surface area contributed by atoms with Gasteiger partial charge in [-0.05, 0) is 49.6 Å². The molecule has 27 heavy (non-hydrogen) atoms. The lowest BCUT2D eigenvalue weighted by Crippen LogP contribution is -2.49. The van der Waals surface area contributed by atoms with Gasteiger partial charge in [0.15, 0.2) is 0 Å². The summed E-state index contributed by atoms with van der Waals surface area (Å²) in [5.41, 5.74) is 3.56. The Bertz CT molecular complexity index is 820. The Morgan fingerprint density at radius 3 is 2.89 bits per heavy atom. The van der Waals surface area contributed by atoms with Gasteiger partial charge in [-0.2, -0.15) is 0 Å². The minimum Gasteiger partial charge on any atom is -0.497 e.